The van der Waals surface area contributed by atoms with Crippen molar-refractivity contribution in [2.45, 2.75) is 24.5 Å². The standard InChI is InChI=1S/C26H23ClN4O4S/c1-35-23-9-11-24(12-10-23)36(33,34)29-22-7-5-18(6-8-22)14-31-16-20-15-30(17-25(20)28-31)26(32)19-3-2-4-21(27)13-19/h2-13,16,29H,14-15,17H2,1H3. The van der Waals surface area contributed by atoms with Gasteiger partial charge in [0.1, 0.15) is 5.75 Å². The smallest absolute Gasteiger partial charge is 0.261 e. The molecule has 0 unspecified atom stereocenters. The highest BCUT2D eigenvalue weighted by molar-refractivity contribution is 7.92. The number of nitrogens with one attached hydrogen (secondary N) is 1. The zero-order chi connectivity index (χ0) is 25.3. The maximum atomic E-state index is 12.8. The fourth-order valence-electron chi connectivity index (χ4n) is 4.07. The van der Waals surface area contributed by atoms with E-state index in [1.807, 2.05) is 23.0 Å². The van der Waals surface area contributed by atoms with Crippen LogP contribution in [-0.2, 0) is 29.7 Å². The van der Waals surface area contributed by atoms with Crippen LogP contribution < -0.4 is 9.46 Å². The van der Waals surface area contributed by atoms with Gasteiger partial charge >= 0.3 is 0 Å². The van der Waals surface area contributed by atoms with E-state index in [0.29, 0.717) is 41.7 Å². The highest BCUT2D eigenvalue weighted by atomic mass is 35.5. The lowest BCUT2D eigenvalue weighted by Crippen LogP contribution is -2.26. The average molecular weight is 523 g/mol. The van der Waals surface area contributed by atoms with Crippen LogP contribution in [0.15, 0.2) is 83.9 Å². The summed E-state index contributed by atoms with van der Waals surface area (Å²) in [5.74, 6) is 0.512. The number of sulfonamides is 1. The molecule has 0 radical (unpaired) electrons. The molecular weight excluding hydrogens is 500 g/mol. The van der Waals surface area contributed by atoms with E-state index in [1.165, 1.54) is 19.2 Å². The summed E-state index contributed by atoms with van der Waals surface area (Å²) in [5, 5.41) is 5.17. The molecule has 10 heteroatoms. The molecule has 0 aliphatic carbocycles. The predicted octanol–water partition coefficient (Wildman–Crippen LogP) is 4.55. The molecule has 0 bridgehead atoms. The third kappa shape index (κ3) is 5.07. The third-order valence-corrected chi connectivity index (χ3v) is 7.54. The van der Waals surface area contributed by atoms with E-state index in [2.05, 4.69) is 9.82 Å². The van der Waals surface area contributed by atoms with E-state index in [1.54, 1.807) is 53.4 Å². The van der Waals surface area contributed by atoms with Crippen molar-refractivity contribution in [1.82, 2.24) is 14.7 Å². The molecule has 0 fully saturated rings. The molecule has 1 N–H and O–H groups in total. The number of benzene rings is 3. The van der Waals surface area contributed by atoms with Gasteiger partial charge in [0.05, 0.1) is 30.8 Å². The Morgan fingerprint density at radius 1 is 1.06 bits per heavy atom. The SMILES string of the molecule is COc1ccc(S(=O)(=O)Nc2ccc(Cn3cc4c(n3)CN(C(=O)c3cccc(Cl)c3)C4)cc2)cc1. The lowest BCUT2D eigenvalue weighted by molar-refractivity contribution is 0.0749. The number of rotatable bonds is 7. The van der Waals surface area contributed by atoms with Gasteiger partial charge in [-0.1, -0.05) is 29.8 Å². The molecule has 36 heavy (non-hydrogen) atoms. The summed E-state index contributed by atoms with van der Waals surface area (Å²) in [4.78, 5) is 14.7. The minimum atomic E-state index is -3.71. The number of halogens is 1. The molecule has 4 aromatic rings. The van der Waals surface area contributed by atoms with Crippen molar-refractivity contribution in [2.75, 3.05) is 11.8 Å². The van der Waals surface area contributed by atoms with Gasteiger partial charge in [-0.3, -0.25) is 14.2 Å². The maximum absolute atomic E-state index is 12.8. The number of anilines is 1. The Labute approximate surface area is 214 Å². The minimum Gasteiger partial charge on any atom is -0.497 e. The zero-order valence-corrected chi connectivity index (χ0v) is 21.0. The molecule has 1 amide bonds. The largest absolute Gasteiger partial charge is 0.497 e. The van der Waals surface area contributed by atoms with Gasteiger partial charge in [0.2, 0.25) is 0 Å². The van der Waals surface area contributed by atoms with Crippen molar-refractivity contribution in [3.63, 3.8) is 0 Å². The molecule has 0 atom stereocenters. The van der Waals surface area contributed by atoms with Crippen molar-refractivity contribution in [2.24, 2.45) is 0 Å². The van der Waals surface area contributed by atoms with Crippen LogP contribution in [0, 0.1) is 0 Å². The lowest BCUT2D eigenvalue weighted by atomic mass is 10.2. The predicted molar refractivity (Wildman–Crippen MR) is 137 cm³/mol. The van der Waals surface area contributed by atoms with Crippen molar-refractivity contribution < 1.29 is 17.9 Å². The summed E-state index contributed by atoms with van der Waals surface area (Å²) >= 11 is 6.02. The second kappa shape index (κ2) is 9.67. The average Bonchev–Trinajstić information content (AvgIpc) is 3.43. The fraction of sp³-hybridized carbons (Fsp3) is 0.154. The summed E-state index contributed by atoms with van der Waals surface area (Å²) in [7, 11) is -2.18. The van der Waals surface area contributed by atoms with Crippen molar-refractivity contribution in [3.05, 3.63) is 106 Å². The number of hydrogen-bond donors (Lipinski definition) is 1. The van der Waals surface area contributed by atoms with Gasteiger partial charge < -0.3 is 9.64 Å². The molecule has 1 aliphatic heterocycles. The highest BCUT2D eigenvalue weighted by Gasteiger charge is 2.27. The zero-order valence-electron chi connectivity index (χ0n) is 19.4. The van der Waals surface area contributed by atoms with E-state index < -0.39 is 10.0 Å². The van der Waals surface area contributed by atoms with E-state index in [0.717, 1.165) is 16.8 Å². The molecule has 1 aromatic heterocycles. The van der Waals surface area contributed by atoms with Crippen LogP contribution in [0.5, 0.6) is 5.75 Å². The molecule has 5 rings (SSSR count). The number of methoxy groups -OCH3 is 1. The second-order valence-corrected chi connectivity index (χ2v) is 10.6. The van der Waals surface area contributed by atoms with Gasteiger partial charge in [0.15, 0.2) is 0 Å². The Hall–Kier alpha value is -3.82. The highest BCUT2D eigenvalue weighted by Crippen LogP contribution is 2.25. The van der Waals surface area contributed by atoms with Gasteiger partial charge in [-0.25, -0.2) is 8.42 Å². The summed E-state index contributed by atoms with van der Waals surface area (Å²) in [5.41, 5.74) is 3.87. The molecule has 1 aliphatic rings. The molecule has 0 spiro atoms. The Bertz CT molecular complexity index is 1490. The number of ether oxygens (including phenoxy) is 1. The molecule has 0 saturated carbocycles. The van der Waals surface area contributed by atoms with Gasteiger partial charge in [0, 0.05) is 34.6 Å². The Balaban J connectivity index is 1.21. The van der Waals surface area contributed by atoms with Crippen LogP contribution in [0.3, 0.4) is 0 Å². The van der Waals surface area contributed by atoms with Crippen LogP contribution in [-0.4, -0.2) is 36.1 Å². The van der Waals surface area contributed by atoms with Gasteiger partial charge in [-0.15, -0.1) is 0 Å². The van der Waals surface area contributed by atoms with Gasteiger partial charge in [-0.05, 0) is 60.2 Å². The number of nitrogens with zero attached hydrogens (tertiary/aromatic N) is 3. The fourth-order valence-corrected chi connectivity index (χ4v) is 5.32. The second-order valence-electron chi connectivity index (χ2n) is 8.45. The number of hydrogen-bond acceptors (Lipinski definition) is 5. The van der Waals surface area contributed by atoms with Crippen LogP contribution in [0.4, 0.5) is 5.69 Å². The summed E-state index contributed by atoms with van der Waals surface area (Å²) in [6.45, 7) is 1.47. The Kier molecular flexibility index (Phi) is 6.42. The molecular formula is C26H23ClN4O4S. The number of amides is 1. The van der Waals surface area contributed by atoms with Gasteiger partial charge in [-0.2, -0.15) is 5.10 Å². The maximum Gasteiger partial charge on any atom is 0.261 e. The lowest BCUT2D eigenvalue weighted by Gasteiger charge is -2.16. The van der Waals surface area contributed by atoms with Crippen LogP contribution in [0.2, 0.25) is 5.02 Å². The van der Waals surface area contributed by atoms with Crippen LogP contribution in [0.25, 0.3) is 0 Å². The topological polar surface area (TPSA) is 93.5 Å². The molecule has 8 nitrogen and oxygen atoms in total. The van der Waals surface area contributed by atoms with Gasteiger partial charge in [0.25, 0.3) is 15.9 Å². The number of carbonyl (C=O) groups is 1. The molecule has 184 valence electrons. The van der Waals surface area contributed by atoms with Crippen molar-refractivity contribution in [1.29, 1.82) is 0 Å². The number of carbonyl (C=O) groups excluding carboxylic acids is 1. The molecule has 0 saturated heterocycles. The van der Waals surface area contributed by atoms with E-state index in [-0.39, 0.29) is 10.8 Å². The van der Waals surface area contributed by atoms with Crippen LogP contribution >= 0.6 is 11.6 Å². The summed E-state index contributed by atoms with van der Waals surface area (Å²) in [6, 6.07) is 20.3. The van der Waals surface area contributed by atoms with Crippen molar-refractivity contribution >= 4 is 33.2 Å². The molecule has 2 heterocycles. The van der Waals surface area contributed by atoms with E-state index >= 15 is 0 Å². The first-order valence-corrected chi connectivity index (χ1v) is 13.0. The van der Waals surface area contributed by atoms with Crippen molar-refractivity contribution in [3.8, 4) is 5.75 Å². The van der Waals surface area contributed by atoms with E-state index in [4.69, 9.17) is 16.3 Å². The summed E-state index contributed by atoms with van der Waals surface area (Å²) in [6.07, 6.45) is 1.95. The van der Waals surface area contributed by atoms with Crippen LogP contribution in [0.1, 0.15) is 27.2 Å². The first-order chi connectivity index (χ1) is 17.3. The third-order valence-electron chi connectivity index (χ3n) is 5.91. The molecule has 3 aromatic carbocycles. The normalized spacial score (nSPS) is 12.9. The Morgan fingerprint density at radius 2 is 1.81 bits per heavy atom. The number of fused-ring (bicyclic) bond motifs is 1. The minimum absolute atomic E-state index is 0.0743. The Morgan fingerprint density at radius 3 is 2.47 bits per heavy atom. The van der Waals surface area contributed by atoms with E-state index in [9.17, 15) is 13.2 Å². The first-order valence-electron chi connectivity index (χ1n) is 11.2. The monoisotopic (exact) mass is 522 g/mol. The quantitative estimate of drug-likeness (QED) is 0.384. The number of aromatic nitrogens is 2. The summed E-state index contributed by atoms with van der Waals surface area (Å²) < 4.78 is 34.8. The first kappa shape index (κ1) is 23.9.